The summed E-state index contributed by atoms with van der Waals surface area (Å²) in [6, 6.07) is 0. The minimum atomic E-state index is -4.07. The van der Waals surface area contributed by atoms with E-state index in [1.54, 1.807) is 6.92 Å². The Balaban J connectivity index is 2.01. The lowest BCUT2D eigenvalue weighted by molar-refractivity contribution is -0.208. The molecule has 2 aliphatic heterocycles. The highest BCUT2D eigenvalue weighted by atomic mass is 31.2. The second-order valence-electron chi connectivity index (χ2n) is 6.06. The van der Waals surface area contributed by atoms with Crippen molar-refractivity contribution >= 4 is 7.60 Å². The molecule has 0 spiro atoms. The van der Waals surface area contributed by atoms with Gasteiger partial charge < -0.3 is 28.2 Å². The monoisotopic (exact) mass is 361 g/mol. The number of hydrogen-bond donors (Lipinski definition) is 1. The van der Waals surface area contributed by atoms with Gasteiger partial charge in [0.2, 0.25) is 0 Å². The Labute approximate surface area is 136 Å². The van der Waals surface area contributed by atoms with Crippen molar-refractivity contribution in [2.24, 2.45) is 0 Å². The van der Waals surface area contributed by atoms with Gasteiger partial charge in [0.25, 0.3) is 5.56 Å². The smallest absolute Gasteiger partial charge is 0.330 e. The summed E-state index contributed by atoms with van der Waals surface area (Å²) in [6.45, 7) is 2.60. The zero-order valence-corrected chi connectivity index (χ0v) is 14.3. The van der Waals surface area contributed by atoms with Crippen LogP contribution in [0, 0.1) is 6.92 Å². The fourth-order valence-corrected chi connectivity index (χ4v) is 3.83. The van der Waals surface area contributed by atoms with Gasteiger partial charge in [-0.1, -0.05) is 0 Å². The maximum Gasteiger partial charge on any atom is 0.330 e. The largest absolute Gasteiger partial charge is 0.779 e. The van der Waals surface area contributed by atoms with E-state index >= 15 is 0 Å². The number of aromatic amines is 1. The predicted octanol–water partition coefficient (Wildman–Crippen LogP) is -1.27. The summed E-state index contributed by atoms with van der Waals surface area (Å²) in [5, 5.41) is 0. The molecule has 5 atom stereocenters. The molecule has 0 aromatic carbocycles. The van der Waals surface area contributed by atoms with E-state index < -0.39 is 42.9 Å². The van der Waals surface area contributed by atoms with Crippen molar-refractivity contribution < 1.29 is 28.2 Å². The van der Waals surface area contributed by atoms with E-state index in [9.17, 15) is 19.0 Å². The number of rotatable bonds is 5. The van der Waals surface area contributed by atoms with Crippen molar-refractivity contribution in [2.45, 2.75) is 31.0 Å². The van der Waals surface area contributed by atoms with Crippen LogP contribution in [0.1, 0.15) is 11.8 Å². The molecule has 1 N–H and O–H groups in total. The molecule has 0 aliphatic carbocycles. The van der Waals surface area contributed by atoms with Gasteiger partial charge in [-0.15, -0.1) is 0 Å². The zero-order valence-electron chi connectivity index (χ0n) is 13.4. The van der Waals surface area contributed by atoms with Crippen LogP contribution in [0.4, 0.5) is 0 Å². The Morgan fingerprint density at radius 2 is 2.25 bits per heavy atom. The molecule has 1 aromatic heterocycles. The summed E-state index contributed by atoms with van der Waals surface area (Å²) in [4.78, 5) is 37.4. The van der Waals surface area contributed by atoms with Crippen LogP contribution in [0.2, 0.25) is 0 Å². The molecule has 2 fully saturated rings. The van der Waals surface area contributed by atoms with Gasteiger partial charge in [0.1, 0.15) is 25.4 Å². The standard InChI is InChI=1S/C13H19N2O8P/c1-7-4-15(12(17)14-10(7)16)11-8-9(23-24(3,18)19)13(22-11,5-20-2)6-21-8/h4,8-9,11H,5-6H2,1-3H3,(H,18,19)(H,14,16,17)/p-1/t8-,9?,11-,13-/m1/s1. The van der Waals surface area contributed by atoms with E-state index in [4.69, 9.17) is 18.7 Å². The summed E-state index contributed by atoms with van der Waals surface area (Å²) >= 11 is 0. The fraction of sp³-hybridized carbons (Fsp3) is 0.692. The zero-order chi connectivity index (χ0) is 17.7. The van der Waals surface area contributed by atoms with Crippen LogP contribution in [0.3, 0.4) is 0 Å². The molecule has 11 heteroatoms. The molecule has 1 aromatic rings. The predicted molar refractivity (Wildman–Crippen MR) is 78.9 cm³/mol. The van der Waals surface area contributed by atoms with Crippen LogP contribution in [-0.2, 0) is 23.3 Å². The number of H-pyrrole nitrogens is 1. The lowest BCUT2D eigenvalue weighted by Gasteiger charge is -2.32. The van der Waals surface area contributed by atoms with Crippen LogP contribution in [-0.4, -0.2) is 54.3 Å². The van der Waals surface area contributed by atoms with E-state index in [0.717, 1.165) is 6.66 Å². The van der Waals surface area contributed by atoms with Crippen molar-refractivity contribution in [3.63, 3.8) is 0 Å². The Morgan fingerprint density at radius 1 is 1.54 bits per heavy atom. The Bertz CT molecular complexity index is 798. The SMILES string of the molecule is COC[C@@]12CO[C@H](C1OP(C)(=O)[O-])[C@H](n1cc(C)c(=O)[nH]c1=O)O2. The van der Waals surface area contributed by atoms with Crippen molar-refractivity contribution in [1.29, 1.82) is 0 Å². The van der Waals surface area contributed by atoms with Gasteiger partial charge >= 0.3 is 5.69 Å². The number of nitrogens with zero attached hydrogens (tertiary/aromatic N) is 1. The highest BCUT2D eigenvalue weighted by molar-refractivity contribution is 7.50. The Morgan fingerprint density at radius 3 is 2.88 bits per heavy atom. The van der Waals surface area contributed by atoms with Gasteiger partial charge in [0.15, 0.2) is 6.23 Å². The molecule has 10 nitrogen and oxygen atoms in total. The van der Waals surface area contributed by atoms with E-state index in [0.29, 0.717) is 5.56 Å². The first-order valence-electron chi connectivity index (χ1n) is 7.24. The molecule has 3 heterocycles. The molecule has 2 aliphatic rings. The fourth-order valence-electron chi connectivity index (χ4n) is 3.10. The number of aryl methyl sites for hydroxylation is 1. The van der Waals surface area contributed by atoms with Crippen molar-refractivity contribution in [3.8, 4) is 0 Å². The number of ether oxygens (including phenoxy) is 3. The van der Waals surface area contributed by atoms with Crippen molar-refractivity contribution in [2.75, 3.05) is 27.0 Å². The van der Waals surface area contributed by atoms with E-state index in [-0.39, 0.29) is 13.2 Å². The topological polar surface area (TPSA) is 132 Å². The average molecular weight is 361 g/mol. The first-order chi connectivity index (χ1) is 11.2. The van der Waals surface area contributed by atoms with Crippen LogP contribution in [0.25, 0.3) is 0 Å². The molecular weight excluding hydrogens is 343 g/mol. The molecule has 0 saturated carbocycles. The van der Waals surface area contributed by atoms with Crippen molar-refractivity contribution in [1.82, 2.24) is 9.55 Å². The van der Waals surface area contributed by atoms with Crippen LogP contribution >= 0.6 is 7.60 Å². The van der Waals surface area contributed by atoms with Gasteiger partial charge in [0, 0.05) is 25.5 Å². The molecule has 2 unspecified atom stereocenters. The minimum Gasteiger partial charge on any atom is -0.779 e. The maximum absolute atomic E-state index is 12.1. The Kier molecular flexibility index (Phi) is 4.31. The molecule has 2 saturated heterocycles. The number of hydrogen-bond acceptors (Lipinski definition) is 8. The minimum absolute atomic E-state index is 0.0295. The van der Waals surface area contributed by atoms with Gasteiger partial charge in [-0.05, 0) is 6.92 Å². The Hall–Kier alpha value is -1.29. The third-order valence-electron chi connectivity index (χ3n) is 4.09. The van der Waals surface area contributed by atoms with Crippen LogP contribution in [0.15, 0.2) is 15.8 Å². The normalized spacial score (nSPS) is 34.4. The summed E-state index contributed by atoms with van der Waals surface area (Å²) < 4.78 is 34.6. The van der Waals surface area contributed by atoms with E-state index in [1.807, 2.05) is 0 Å². The van der Waals surface area contributed by atoms with Crippen LogP contribution in [0.5, 0.6) is 0 Å². The maximum atomic E-state index is 12.1. The molecule has 2 bridgehead atoms. The summed E-state index contributed by atoms with van der Waals surface area (Å²) in [5.74, 6) is 0. The third kappa shape index (κ3) is 2.90. The molecular formula is C13H18N2O8P-. The summed E-state index contributed by atoms with van der Waals surface area (Å²) in [7, 11) is -2.63. The molecule has 134 valence electrons. The van der Waals surface area contributed by atoms with Gasteiger partial charge in [0.05, 0.1) is 13.2 Å². The van der Waals surface area contributed by atoms with E-state index in [2.05, 4.69) is 4.98 Å². The first-order valence-corrected chi connectivity index (χ1v) is 9.23. The second-order valence-corrected chi connectivity index (χ2v) is 7.81. The van der Waals surface area contributed by atoms with E-state index in [1.165, 1.54) is 17.9 Å². The average Bonchev–Trinajstić information content (AvgIpc) is 2.93. The third-order valence-corrected chi connectivity index (χ3v) is 4.70. The quantitative estimate of drug-likeness (QED) is 0.642. The number of aromatic nitrogens is 2. The molecule has 3 rings (SSSR count). The molecule has 24 heavy (non-hydrogen) atoms. The first kappa shape index (κ1) is 17.5. The lowest BCUT2D eigenvalue weighted by atomic mass is 10.0. The summed E-state index contributed by atoms with van der Waals surface area (Å²) in [5.41, 5.74) is -2.02. The molecule has 0 radical (unpaired) electrons. The lowest BCUT2D eigenvalue weighted by Crippen LogP contribution is -2.46. The molecule has 0 amide bonds. The van der Waals surface area contributed by atoms with Gasteiger partial charge in [-0.3, -0.25) is 14.3 Å². The van der Waals surface area contributed by atoms with Gasteiger partial charge in [-0.2, -0.15) is 0 Å². The summed E-state index contributed by atoms with van der Waals surface area (Å²) in [6.07, 6.45) is -1.37. The highest BCUT2D eigenvalue weighted by Gasteiger charge is 2.63. The number of nitrogens with one attached hydrogen (secondary N) is 1. The van der Waals surface area contributed by atoms with Crippen molar-refractivity contribution in [3.05, 3.63) is 32.6 Å². The second kappa shape index (κ2) is 5.91. The number of fused-ring (bicyclic) bond motifs is 2. The van der Waals surface area contributed by atoms with Gasteiger partial charge in [-0.25, -0.2) is 4.79 Å². The number of methoxy groups -OCH3 is 1. The van der Waals surface area contributed by atoms with Crippen LogP contribution < -0.4 is 16.1 Å². The highest BCUT2D eigenvalue weighted by Crippen LogP contribution is 2.51.